The van der Waals surface area contributed by atoms with E-state index in [1.807, 2.05) is 6.92 Å². The van der Waals surface area contributed by atoms with Crippen molar-refractivity contribution in [2.45, 2.75) is 19.4 Å². The van der Waals surface area contributed by atoms with Gasteiger partial charge in [-0.05, 0) is 24.6 Å². The van der Waals surface area contributed by atoms with E-state index in [1.54, 1.807) is 30.3 Å². The number of halogens is 1. The number of para-hydroxylation sites is 1. The highest BCUT2D eigenvalue weighted by molar-refractivity contribution is 5.47. The second-order valence-corrected chi connectivity index (χ2v) is 4.29. The van der Waals surface area contributed by atoms with Gasteiger partial charge >= 0.3 is 0 Å². The Bertz CT molecular complexity index is 649. The van der Waals surface area contributed by atoms with Crippen molar-refractivity contribution >= 4 is 0 Å². The Balaban J connectivity index is 2.41. The summed E-state index contributed by atoms with van der Waals surface area (Å²) in [6.07, 6.45) is -0.125. The molecule has 20 heavy (non-hydrogen) atoms. The number of ether oxygens (including phenoxy) is 1. The average Bonchev–Trinajstić information content (AvgIpc) is 2.47. The van der Waals surface area contributed by atoms with Gasteiger partial charge in [-0.2, -0.15) is 5.26 Å². The fraction of sp³-hybridized carbons (Fsp3) is 0.188. The van der Waals surface area contributed by atoms with Gasteiger partial charge in [-0.3, -0.25) is 0 Å². The monoisotopic (exact) mass is 271 g/mol. The molecule has 2 rings (SSSR count). The lowest BCUT2D eigenvalue weighted by atomic mass is 10.1. The Morgan fingerprint density at radius 3 is 2.60 bits per heavy atom. The molecule has 0 aromatic heterocycles. The van der Waals surface area contributed by atoms with E-state index in [1.165, 1.54) is 18.2 Å². The van der Waals surface area contributed by atoms with Crippen molar-refractivity contribution in [3.8, 4) is 17.6 Å². The molecule has 0 aliphatic rings. The number of nitrogens with zero attached hydrogens (tertiary/aromatic N) is 1. The van der Waals surface area contributed by atoms with Crippen LogP contribution in [0.5, 0.6) is 11.5 Å². The van der Waals surface area contributed by atoms with Crippen molar-refractivity contribution in [3.63, 3.8) is 0 Å². The third kappa shape index (κ3) is 2.79. The van der Waals surface area contributed by atoms with E-state index in [0.717, 1.165) is 0 Å². The normalized spacial score (nSPS) is 11.7. The predicted molar refractivity (Wildman–Crippen MR) is 72.9 cm³/mol. The summed E-state index contributed by atoms with van der Waals surface area (Å²) in [6.45, 7) is 1.85. The molecule has 1 unspecified atom stereocenters. The Labute approximate surface area is 116 Å². The van der Waals surface area contributed by atoms with Crippen molar-refractivity contribution in [2.75, 3.05) is 0 Å². The van der Waals surface area contributed by atoms with Crippen LogP contribution in [0.15, 0.2) is 42.5 Å². The summed E-state index contributed by atoms with van der Waals surface area (Å²) in [5, 5.41) is 18.9. The van der Waals surface area contributed by atoms with Crippen LogP contribution in [0, 0.1) is 17.1 Å². The highest BCUT2D eigenvalue weighted by atomic mass is 19.1. The van der Waals surface area contributed by atoms with Crippen LogP contribution >= 0.6 is 0 Å². The molecule has 1 N–H and O–H groups in total. The van der Waals surface area contributed by atoms with E-state index in [2.05, 4.69) is 0 Å². The van der Waals surface area contributed by atoms with Gasteiger partial charge in [-0.15, -0.1) is 0 Å². The Morgan fingerprint density at radius 1 is 1.20 bits per heavy atom. The summed E-state index contributed by atoms with van der Waals surface area (Å²) >= 11 is 0. The Hall–Kier alpha value is -2.38. The fourth-order valence-corrected chi connectivity index (χ4v) is 1.89. The van der Waals surface area contributed by atoms with Crippen LogP contribution in [0.3, 0.4) is 0 Å². The van der Waals surface area contributed by atoms with Gasteiger partial charge in [-0.1, -0.05) is 31.2 Å². The molecule has 4 heteroatoms. The zero-order valence-corrected chi connectivity index (χ0v) is 11.0. The van der Waals surface area contributed by atoms with E-state index in [9.17, 15) is 9.50 Å². The van der Waals surface area contributed by atoms with Crippen LogP contribution in [-0.4, -0.2) is 5.11 Å². The van der Waals surface area contributed by atoms with Gasteiger partial charge in [0.05, 0.1) is 6.10 Å². The zero-order valence-electron chi connectivity index (χ0n) is 11.0. The standard InChI is InChI=1S/C16H14FNO2/c1-2-14(19)11-6-3-4-8-15(11)20-16-9-5-7-13(17)12(16)10-18/h3-9,14,19H,2H2,1H3. The van der Waals surface area contributed by atoms with E-state index >= 15 is 0 Å². The van der Waals surface area contributed by atoms with Crippen molar-refractivity contribution < 1.29 is 14.2 Å². The molecule has 0 fully saturated rings. The van der Waals surface area contributed by atoms with Gasteiger partial charge < -0.3 is 9.84 Å². The average molecular weight is 271 g/mol. The minimum atomic E-state index is -0.662. The lowest BCUT2D eigenvalue weighted by molar-refractivity contribution is 0.170. The second-order valence-electron chi connectivity index (χ2n) is 4.29. The number of aliphatic hydroxyl groups excluding tert-OH is 1. The van der Waals surface area contributed by atoms with E-state index in [-0.39, 0.29) is 11.3 Å². The van der Waals surface area contributed by atoms with E-state index < -0.39 is 11.9 Å². The number of hydrogen-bond acceptors (Lipinski definition) is 3. The summed E-state index contributed by atoms with van der Waals surface area (Å²) in [6, 6.07) is 13.0. The van der Waals surface area contributed by atoms with E-state index in [0.29, 0.717) is 17.7 Å². The third-order valence-electron chi connectivity index (χ3n) is 2.97. The molecule has 0 radical (unpaired) electrons. The minimum Gasteiger partial charge on any atom is -0.455 e. The quantitative estimate of drug-likeness (QED) is 0.916. The largest absolute Gasteiger partial charge is 0.455 e. The van der Waals surface area contributed by atoms with E-state index in [4.69, 9.17) is 10.00 Å². The third-order valence-corrected chi connectivity index (χ3v) is 2.97. The van der Waals surface area contributed by atoms with Crippen LogP contribution in [0.1, 0.15) is 30.6 Å². The van der Waals surface area contributed by atoms with Crippen LogP contribution in [0.2, 0.25) is 0 Å². The molecule has 0 heterocycles. The number of rotatable bonds is 4. The van der Waals surface area contributed by atoms with Gasteiger partial charge in [0.1, 0.15) is 28.9 Å². The van der Waals surface area contributed by atoms with Gasteiger partial charge in [-0.25, -0.2) is 4.39 Å². The summed E-state index contributed by atoms with van der Waals surface area (Å²) in [7, 11) is 0. The molecule has 3 nitrogen and oxygen atoms in total. The van der Waals surface area contributed by atoms with Gasteiger partial charge in [0.2, 0.25) is 0 Å². The maximum absolute atomic E-state index is 13.5. The minimum absolute atomic E-state index is 0.142. The van der Waals surface area contributed by atoms with Crippen LogP contribution in [-0.2, 0) is 0 Å². The van der Waals surface area contributed by atoms with Gasteiger partial charge in [0, 0.05) is 5.56 Å². The summed E-state index contributed by atoms with van der Waals surface area (Å²) in [4.78, 5) is 0. The van der Waals surface area contributed by atoms with Crippen molar-refractivity contribution in [2.24, 2.45) is 0 Å². The highest BCUT2D eigenvalue weighted by Gasteiger charge is 2.15. The molecule has 0 aliphatic heterocycles. The smallest absolute Gasteiger partial charge is 0.148 e. The van der Waals surface area contributed by atoms with Crippen molar-refractivity contribution in [1.29, 1.82) is 5.26 Å². The molecule has 1 atom stereocenters. The first-order chi connectivity index (χ1) is 9.67. The molecule has 0 bridgehead atoms. The molecular formula is C16H14FNO2. The number of nitriles is 1. The second kappa shape index (κ2) is 6.18. The van der Waals surface area contributed by atoms with Crippen molar-refractivity contribution in [1.82, 2.24) is 0 Å². The first-order valence-corrected chi connectivity index (χ1v) is 6.30. The van der Waals surface area contributed by atoms with Crippen LogP contribution < -0.4 is 4.74 Å². The Kier molecular flexibility index (Phi) is 4.34. The summed E-state index contributed by atoms with van der Waals surface area (Å²) < 4.78 is 19.1. The molecule has 2 aromatic carbocycles. The van der Waals surface area contributed by atoms with Crippen LogP contribution in [0.25, 0.3) is 0 Å². The van der Waals surface area contributed by atoms with Crippen molar-refractivity contribution in [3.05, 3.63) is 59.4 Å². The highest BCUT2D eigenvalue weighted by Crippen LogP contribution is 2.32. The fourth-order valence-electron chi connectivity index (χ4n) is 1.89. The lowest BCUT2D eigenvalue weighted by Gasteiger charge is -2.15. The molecule has 0 amide bonds. The molecule has 0 aliphatic carbocycles. The topological polar surface area (TPSA) is 53.2 Å². The summed E-state index contributed by atoms with van der Waals surface area (Å²) in [5.74, 6) is -0.0641. The van der Waals surface area contributed by atoms with Gasteiger partial charge in [0.15, 0.2) is 0 Å². The van der Waals surface area contributed by atoms with Crippen LogP contribution in [0.4, 0.5) is 4.39 Å². The van der Waals surface area contributed by atoms with Gasteiger partial charge in [0.25, 0.3) is 0 Å². The molecule has 0 saturated heterocycles. The molecule has 0 saturated carbocycles. The lowest BCUT2D eigenvalue weighted by Crippen LogP contribution is -2.00. The number of aliphatic hydroxyl groups is 1. The molecule has 2 aromatic rings. The number of hydrogen-bond donors (Lipinski definition) is 1. The molecule has 102 valence electrons. The maximum Gasteiger partial charge on any atom is 0.148 e. The Morgan fingerprint density at radius 2 is 1.90 bits per heavy atom. The summed E-state index contributed by atoms with van der Waals surface area (Å²) in [5.41, 5.74) is 0.469. The predicted octanol–water partition coefficient (Wildman–Crippen LogP) is 3.93. The maximum atomic E-state index is 13.5. The first kappa shape index (κ1) is 14.0. The SMILES string of the molecule is CCC(O)c1ccccc1Oc1cccc(F)c1C#N. The molecular weight excluding hydrogens is 257 g/mol. The number of benzene rings is 2. The zero-order chi connectivity index (χ0) is 14.5. The molecule has 0 spiro atoms. The first-order valence-electron chi connectivity index (χ1n) is 6.30.